The van der Waals surface area contributed by atoms with E-state index in [1.54, 1.807) is 0 Å². The predicted octanol–water partition coefficient (Wildman–Crippen LogP) is 3.89. The van der Waals surface area contributed by atoms with Crippen LogP contribution in [0, 0.1) is 11.8 Å². The number of halogens is 1. The first-order chi connectivity index (χ1) is 13.2. The van der Waals surface area contributed by atoms with Crippen LogP contribution in [0.5, 0.6) is 0 Å². The van der Waals surface area contributed by atoms with Crippen molar-refractivity contribution in [3.63, 3.8) is 0 Å². The fraction of sp³-hybridized carbons (Fsp3) is 0.714. The fourth-order valence-corrected chi connectivity index (χ4v) is 4.98. The topological polar surface area (TPSA) is 56.7 Å². The van der Waals surface area contributed by atoms with Crippen molar-refractivity contribution in [1.29, 1.82) is 0 Å². The molecule has 1 aliphatic carbocycles. The molecule has 7 heteroatoms. The number of amides is 1. The Kier molecular flexibility index (Phi) is 10.0. The first kappa shape index (κ1) is 23.4. The second-order valence-electron chi connectivity index (χ2n) is 8.00. The molecule has 28 heavy (non-hydrogen) atoms. The van der Waals surface area contributed by atoms with Gasteiger partial charge in [-0.25, -0.2) is 0 Å². The molecule has 1 amide bonds. The Labute approximate surface area is 190 Å². The summed E-state index contributed by atoms with van der Waals surface area (Å²) in [5.41, 5.74) is 0. The molecule has 2 fully saturated rings. The number of carbonyl (C=O) groups excluding carboxylic acids is 1. The van der Waals surface area contributed by atoms with Gasteiger partial charge in [0.1, 0.15) is 0 Å². The van der Waals surface area contributed by atoms with Crippen LogP contribution in [0.4, 0.5) is 0 Å². The number of carbonyl (C=O) groups is 1. The molecule has 3 rings (SSSR count). The molecule has 0 spiro atoms. The highest BCUT2D eigenvalue weighted by Crippen LogP contribution is 2.27. The third kappa shape index (κ3) is 6.90. The Hall–Kier alpha value is -0.830. The van der Waals surface area contributed by atoms with Crippen molar-refractivity contribution in [1.82, 2.24) is 15.5 Å². The van der Waals surface area contributed by atoms with Crippen LogP contribution in [-0.4, -0.2) is 49.0 Å². The van der Waals surface area contributed by atoms with Crippen LogP contribution in [0.1, 0.15) is 50.8 Å². The molecule has 2 heterocycles. The summed E-state index contributed by atoms with van der Waals surface area (Å²) in [6.45, 7) is 7.69. The molecular formula is C21H35IN4OS. The number of hydrogen-bond acceptors (Lipinski definition) is 3. The van der Waals surface area contributed by atoms with Crippen molar-refractivity contribution in [3.8, 4) is 0 Å². The average Bonchev–Trinajstić information content (AvgIpc) is 3.41. The molecular weight excluding hydrogens is 483 g/mol. The van der Waals surface area contributed by atoms with Crippen LogP contribution in [-0.2, 0) is 11.2 Å². The van der Waals surface area contributed by atoms with E-state index in [2.05, 4.69) is 46.9 Å². The molecule has 1 saturated heterocycles. The van der Waals surface area contributed by atoms with E-state index in [1.165, 1.54) is 17.7 Å². The largest absolute Gasteiger partial charge is 0.357 e. The highest BCUT2D eigenvalue weighted by atomic mass is 127. The Morgan fingerprint density at radius 3 is 2.82 bits per heavy atom. The van der Waals surface area contributed by atoms with Gasteiger partial charge in [0.2, 0.25) is 5.91 Å². The van der Waals surface area contributed by atoms with Gasteiger partial charge in [-0.2, -0.15) is 0 Å². The lowest BCUT2D eigenvalue weighted by Gasteiger charge is -2.21. The molecule has 2 aliphatic rings. The van der Waals surface area contributed by atoms with E-state index in [-0.39, 0.29) is 29.9 Å². The summed E-state index contributed by atoms with van der Waals surface area (Å²) in [7, 11) is 0. The van der Waals surface area contributed by atoms with E-state index < -0.39 is 0 Å². The summed E-state index contributed by atoms with van der Waals surface area (Å²) in [6.07, 6.45) is 6.68. The predicted molar refractivity (Wildman–Crippen MR) is 129 cm³/mol. The molecule has 0 radical (unpaired) electrons. The van der Waals surface area contributed by atoms with Crippen LogP contribution in [0.2, 0.25) is 0 Å². The van der Waals surface area contributed by atoms with Crippen molar-refractivity contribution in [3.05, 3.63) is 22.4 Å². The fourth-order valence-electron chi connectivity index (χ4n) is 4.11. The first-order valence-electron chi connectivity index (χ1n) is 10.5. The minimum Gasteiger partial charge on any atom is -0.357 e. The molecule has 1 aromatic rings. The second kappa shape index (κ2) is 12.0. The van der Waals surface area contributed by atoms with Crippen molar-refractivity contribution < 1.29 is 4.79 Å². The van der Waals surface area contributed by atoms with Gasteiger partial charge >= 0.3 is 0 Å². The maximum absolute atomic E-state index is 12.6. The molecule has 158 valence electrons. The number of nitrogens with zero attached hydrogens (tertiary/aromatic N) is 2. The summed E-state index contributed by atoms with van der Waals surface area (Å²) in [6, 6.07) is 4.61. The van der Waals surface area contributed by atoms with E-state index in [1.807, 2.05) is 11.3 Å². The monoisotopic (exact) mass is 518 g/mol. The Bertz CT molecular complexity index is 616. The van der Waals surface area contributed by atoms with Gasteiger partial charge in [-0.15, -0.1) is 35.3 Å². The quantitative estimate of drug-likeness (QED) is 0.327. The molecule has 2 N–H and O–H groups in total. The van der Waals surface area contributed by atoms with Crippen molar-refractivity contribution in [2.45, 2.75) is 58.4 Å². The number of aliphatic imine (C=N–C) groups is 1. The minimum atomic E-state index is 0. The number of likely N-dealkylation sites (tertiary alicyclic amines) is 1. The number of thiophene rings is 1. The zero-order chi connectivity index (χ0) is 19.1. The van der Waals surface area contributed by atoms with Crippen LogP contribution in [0.25, 0.3) is 0 Å². The molecule has 2 atom stereocenters. The SMILES string of the molecule is CCNC(=NCC(C)Cc1cccs1)NC1CCN(C(=O)C2CCCC2)C1.I. The number of nitrogens with one attached hydrogen (secondary N) is 2. The summed E-state index contributed by atoms with van der Waals surface area (Å²) >= 11 is 1.82. The molecule has 1 saturated carbocycles. The lowest BCUT2D eigenvalue weighted by Crippen LogP contribution is -2.45. The number of guanidine groups is 1. The van der Waals surface area contributed by atoms with Crippen LogP contribution in [0.3, 0.4) is 0 Å². The van der Waals surface area contributed by atoms with Crippen molar-refractivity contribution in [2.24, 2.45) is 16.8 Å². The van der Waals surface area contributed by atoms with Crippen molar-refractivity contribution in [2.75, 3.05) is 26.2 Å². The van der Waals surface area contributed by atoms with E-state index in [0.717, 1.165) is 57.8 Å². The highest BCUT2D eigenvalue weighted by Gasteiger charge is 2.32. The number of hydrogen-bond donors (Lipinski definition) is 2. The molecule has 1 aromatic heterocycles. The summed E-state index contributed by atoms with van der Waals surface area (Å²) in [4.78, 5) is 20.9. The molecule has 0 bridgehead atoms. The lowest BCUT2D eigenvalue weighted by molar-refractivity contribution is -0.134. The Morgan fingerprint density at radius 1 is 1.36 bits per heavy atom. The third-order valence-corrected chi connectivity index (χ3v) is 6.48. The third-order valence-electron chi connectivity index (χ3n) is 5.58. The zero-order valence-electron chi connectivity index (χ0n) is 17.2. The van der Waals surface area contributed by atoms with Gasteiger partial charge in [0.15, 0.2) is 5.96 Å². The number of rotatable bonds is 7. The zero-order valence-corrected chi connectivity index (χ0v) is 20.3. The molecule has 2 unspecified atom stereocenters. The van der Waals surface area contributed by atoms with Gasteiger partial charge in [0, 0.05) is 43.0 Å². The first-order valence-corrected chi connectivity index (χ1v) is 11.4. The van der Waals surface area contributed by atoms with Crippen LogP contribution < -0.4 is 10.6 Å². The standard InChI is InChI=1S/C21H34N4OS.HI/c1-3-22-21(23-14-16(2)13-19-9-6-12-27-19)24-18-10-11-25(15-18)20(26)17-7-4-5-8-17;/h6,9,12,16-18H,3-5,7-8,10-11,13-15H2,1-2H3,(H2,22,23,24);1H. The molecule has 0 aromatic carbocycles. The lowest BCUT2D eigenvalue weighted by atomic mass is 10.1. The van der Waals surface area contributed by atoms with Crippen molar-refractivity contribution >= 4 is 47.2 Å². The smallest absolute Gasteiger partial charge is 0.225 e. The van der Waals surface area contributed by atoms with Gasteiger partial charge in [-0.3, -0.25) is 9.79 Å². The van der Waals surface area contributed by atoms with Gasteiger partial charge in [-0.1, -0.05) is 25.8 Å². The minimum absolute atomic E-state index is 0. The normalized spacial score (nSPS) is 21.4. The van der Waals surface area contributed by atoms with Crippen LogP contribution >= 0.6 is 35.3 Å². The Balaban J connectivity index is 0.00000280. The molecule has 1 aliphatic heterocycles. The van der Waals surface area contributed by atoms with E-state index in [9.17, 15) is 4.79 Å². The van der Waals surface area contributed by atoms with Crippen LogP contribution in [0.15, 0.2) is 22.5 Å². The van der Waals surface area contributed by atoms with E-state index in [4.69, 9.17) is 4.99 Å². The second-order valence-corrected chi connectivity index (χ2v) is 9.04. The average molecular weight is 519 g/mol. The summed E-state index contributed by atoms with van der Waals surface area (Å²) in [5, 5.41) is 9.05. The summed E-state index contributed by atoms with van der Waals surface area (Å²) in [5.74, 6) is 2.06. The van der Waals surface area contributed by atoms with Gasteiger partial charge in [0.05, 0.1) is 0 Å². The Morgan fingerprint density at radius 2 is 2.14 bits per heavy atom. The van der Waals surface area contributed by atoms with E-state index >= 15 is 0 Å². The summed E-state index contributed by atoms with van der Waals surface area (Å²) < 4.78 is 0. The maximum atomic E-state index is 12.6. The highest BCUT2D eigenvalue weighted by molar-refractivity contribution is 14.0. The van der Waals surface area contributed by atoms with E-state index in [0.29, 0.717) is 17.9 Å². The maximum Gasteiger partial charge on any atom is 0.225 e. The van der Waals surface area contributed by atoms with Gasteiger partial charge < -0.3 is 15.5 Å². The molecule has 5 nitrogen and oxygen atoms in total. The van der Waals surface area contributed by atoms with Gasteiger partial charge in [0.25, 0.3) is 0 Å². The van der Waals surface area contributed by atoms with Gasteiger partial charge in [-0.05, 0) is 50.0 Å².